The number of carbonyl (C=O) groups excluding carboxylic acids is 1. The van der Waals surface area contributed by atoms with Crippen LogP contribution in [0.15, 0.2) is 42.5 Å². The van der Waals surface area contributed by atoms with E-state index in [-0.39, 0.29) is 23.0 Å². The number of carboxylic acids is 1. The molecule has 0 spiro atoms. The molecular formula is C23H25F2NO5. The van der Waals surface area contributed by atoms with Gasteiger partial charge in [0.1, 0.15) is 18.2 Å². The summed E-state index contributed by atoms with van der Waals surface area (Å²) < 4.78 is 38.5. The molecule has 166 valence electrons. The van der Waals surface area contributed by atoms with Crippen molar-refractivity contribution in [3.8, 4) is 11.5 Å². The number of ether oxygens (including phenoxy) is 2. The van der Waals surface area contributed by atoms with Gasteiger partial charge in [0.25, 0.3) is 0 Å². The molecule has 0 atom stereocenters. The van der Waals surface area contributed by atoms with Crippen molar-refractivity contribution in [2.45, 2.75) is 27.4 Å². The molecule has 0 fully saturated rings. The van der Waals surface area contributed by atoms with Crippen LogP contribution in [0.1, 0.15) is 31.9 Å². The highest BCUT2D eigenvalue weighted by molar-refractivity contribution is 5.95. The summed E-state index contributed by atoms with van der Waals surface area (Å²) in [6.45, 7) is 5.62. The lowest BCUT2D eigenvalue weighted by molar-refractivity contribution is -0.139. The van der Waals surface area contributed by atoms with E-state index in [9.17, 15) is 18.4 Å². The van der Waals surface area contributed by atoms with Crippen LogP contribution < -0.4 is 9.47 Å². The zero-order chi connectivity index (χ0) is 23.0. The number of likely N-dealkylation sites (N-methyl/N-ethyl adjacent to an activating group) is 1. The number of allylic oxidation sites excluding steroid dienone is 1. The fourth-order valence-corrected chi connectivity index (χ4v) is 2.84. The van der Waals surface area contributed by atoms with Gasteiger partial charge in [-0.05, 0) is 56.2 Å². The number of carbonyl (C=O) groups is 2. The van der Waals surface area contributed by atoms with Crippen molar-refractivity contribution < 1.29 is 33.0 Å². The number of benzene rings is 2. The van der Waals surface area contributed by atoms with Gasteiger partial charge in [0, 0.05) is 19.2 Å². The number of amides is 1. The first kappa shape index (κ1) is 23.9. The van der Waals surface area contributed by atoms with Gasteiger partial charge >= 0.3 is 5.97 Å². The summed E-state index contributed by atoms with van der Waals surface area (Å²) in [6.07, 6.45) is 1.48. The van der Waals surface area contributed by atoms with Gasteiger partial charge in [-0.1, -0.05) is 12.1 Å². The second kappa shape index (κ2) is 11.1. The number of nitrogens with zero attached hydrogens (tertiary/aromatic N) is 1. The van der Waals surface area contributed by atoms with Crippen molar-refractivity contribution in [1.82, 2.24) is 4.90 Å². The predicted molar refractivity (Wildman–Crippen MR) is 112 cm³/mol. The molecule has 8 heteroatoms. The standard InChI is InChI=1S/C23H25F2NO5/c1-4-26(5-2)22(27)11-15(3)16-9-10-20(21(12-16)31-14-23(28)29)30-13-17-18(24)7-6-8-19(17)25/h6-12H,4-5,13-14H2,1-3H3,(H,28,29)/b15-11-. The lowest BCUT2D eigenvalue weighted by atomic mass is 10.1. The minimum absolute atomic E-state index is 0.0830. The smallest absolute Gasteiger partial charge is 0.341 e. The third kappa shape index (κ3) is 6.53. The van der Waals surface area contributed by atoms with E-state index in [4.69, 9.17) is 14.6 Å². The minimum Gasteiger partial charge on any atom is -0.485 e. The maximum absolute atomic E-state index is 13.9. The van der Waals surface area contributed by atoms with E-state index < -0.39 is 30.8 Å². The Morgan fingerprint density at radius 2 is 1.68 bits per heavy atom. The highest BCUT2D eigenvalue weighted by atomic mass is 19.1. The van der Waals surface area contributed by atoms with Crippen LogP contribution in [-0.2, 0) is 16.2 Å². The van der Waals surface area contributed by atoms with Crippen LogP contribution in [0.3, 0.4) is 0 Å². The van der Waals surface area contributed by atoms with Crippen molar-refractivity contribution >= 4 is 17.4 Å². The van der Waals surface area contributed by atoms with Gasteiger partial charge in [0.15, 0.2) is 18.1 Å². The molecule has 31 heavy (non-hydrogen) atoms. The zero-order valence-electron chi connectivity index (χ0n) is 17.7. The Morgan fingerprint density at radius 3 is 2.26 bits per heavy atom. The summed E-state index contributed by atoms with van der Waals surface area (Å²) >= 11 is 0. The van der Waals surface area contributed by atoms with Gasteiger partial charge in [-0.15, -0.1) is 0 Å². The molecule has 0 aliphatic rings. The molecule has 0 aliphatic heterocycles. The van der Waals surface area contributed by atoms with Crippen molar-refractivity contribution in [2.75, 3.05) is 19.7 Å². The van der Waals surface area contributed by atoms with Crippen LogP contribution in [0.5, 0.6) is 11.5 Å². The summed E-state index contributed by atoms with van der Waals surface area (Å²) in [5, 5.41) is 8.93. The van der Waals surface area contributed by atoms with Crippen LogP contribution in [-0.4, -0.2) is 41.6 Å². The SMILES string of the molecule is CCN(CC)C(=O)/C=C(/C)c1ccc(OCc2c(F)cccc2F)c(OCC(=O)O)c1. The number of carboxylic acid groups (broad SMARTS) is 1. The maximum atomic E-state index is 13.9. The van der Waals surface area contributed by atoms with Crippen molar-refractivity contribution in [2.24, 2.45) is 0 Å². The predicted octanol–water partition coefficient (Wildman–Crippen LogP) is 4.28. The van der Waals surface area contributed by atoms with Crippen LogP contribution in [0.2, 0.25) is 0 Å². The quantitative estimate of drug-likeness (QED) is 0.566. The number of halogens is 2. The highest BCUT2D eigenvalue weighted by Gasteiger charge is 2.14. The van der Waals surface area contributed by atoms with Crippen LogP contribution in [0, 0.1) is 11.6 Å². The molecule has 2 aromatic rings. The number of rotatable bonds is 10. The van der Waals surface area contributed by atoms with E-state index >= 15 is 0 Å². The van der Waals surface area contributed by atoms with Crippen molar-refractivity contribution in [3.63, 3.8) is 0 Å². The molecule has 0 bridgehead atoms. The Morgan fingerprint density at radius 1 is 1.03 bits per heavy atom. The fraction of sp³-hybridized carbons (Fsp3) is 0.304. The first-order valence-corrected chi connectivity index (χ1v) is 9.78. The van der Waals surface area contributed by atoms with Gasteiger partial charge in [-0.25, -0.2) is 13.6 Å². The second-order valence-electron chi connectivity index (χ2n) is 6.67. The molecule has 0 saturated carbocycles. The highest BCUT2D eigenvalue weighted by Crippen LogP contribution is 2.32. The average molecular weight is 433 g/mol. The number of aliphatic carboxylic acids is 1. The Labute approximate surface area is 179 Å². The lowest BCUT2D eigenvalue weighted by Crippen LogP contribution is -2.28. The van der Waals surface area contributed by atoms with E-state index in [0.717, 1.165) is 12.1 Å². The first-order chi connectivity index (χ1) is 14.8. The molecule has 0 aromatic heterocycles. The molecule has 1 amide bonds. The van der Waals surface area contributed by atoms with Gasteiger partial charge in [-0.2, -0.15) is 0 Å². The summed E-state index contributed by atoms with van der Waals surface area (Å²) in [4.78, 5) is 24.9. The fourth-order valence-electron chi connectivity index (χ4n) is 2.84. The number of hydrogen-bond donors (Lipinski definition) is 1. The third-order valence-corrected chi connectivity index (χ3v) is 4.60. The van der Waals surface area contributed by atoms with E-state index in [1.165, 1.54) is 24.3 Å². The average Bonchev–Trinajstić information content (AvgIpc) is 2.73. The molecule has 0 aliphatic carbocycles. The Balaban J connectivity index is 2.30. The molecular weight excluding hydrogens is 408 g/mol. The largest absolute Gasteiger partial charge is 0.485 e. The van der Waals surface area contributed by atoms with Gasteiger partial charge in [-0.3, -0.25) is 4.79 Å². The second-order valence-corrected chi connectivity index (χ2v) is 6.67. The molecule has 1 N–H and O–H groups in total. The monoisotopic (exact) mass is 433 g/mol. The topological polar surface area (TPSA) is 76.1 Å². The molecule has 0 unspecified atom stereocenters. The summed E-state index contributed by atoms with van der Waals surface area (Å²) in [6, 6.07) is 8.17. The molecule has 6 nitrogen and oxygen atoms in total. The molecule has 0 radical (unpaired) electrons. The van der Waals surface area contributed by atoms with Crippen molar-refractivity contribution in [1.29, 1.82) is 0 Å². The summed E-state index contributed by atoms with van der Waals surface area (Å²) in [5.74, 6) is -2.64. The van der Waals surface area contributed by atoms with Gasteiger partial charge in [0.05, 0.1) is 5.56 Å². The van der Waals surface area contributed by atoms with Gasteiger partial charge in [0.2, 0.25) is 5.91 Å². The van der Waals surface area contributed by atoms with Crippen LogP contribution in [0.4, 0.5) is 8.78 Å². The number of hydrogen-bond acceptors (Lipinski definition) is 4. The molecule has 0 heterocycles. The molecule has 2 aromatic carbocycles. The minimum atomic E-state index is -1.19. The van der Waals surface area contributed by atoms with E-state index in [2.05, 4.69) is 0 Å². The lowest BCUT2D eigenvalue weighted by Gasteiger charge is -2.17. The van der Waals surface area contributed by atoms with E-state index in [0.29, 0.717) is 24.2 Å². The van der Waals surface area contributed by atoms with Gasteiger partial charge < -0.3 is 19.5 Å². The van der Waals surface area contributed by atoms with Crippen LogP contribution in [0.25, 0.3) is 5.57 Å². The molecule has 0 saturated heterocycles. The first-order valence-electron chi connectivity index (χ1n) is 9.78. The summed E-state index contributed by atoms with van der Waals surface area (Å²) in [5.41, 5.74) is 1.01. The van der Waals surface area contributed by atoms with E-state index in [1.807, 2.05) is 13.8 Å². The molecule has 2 rings (SSSR count). The Hall–Kier alpha value is -3.42. The van der Waals surface area contributed by atoms with E-state index in [1.54, 1.807) is 17.9 Å². The normalized spacial score (nSPS) is 11.2. The third-order valence-electron chi connectivity index (χ3n) is 4.60. The van der Waals surface area contributed by atoms with Crippen LogP contribution >= 0.6 is 0 Å². The Kier molecular flexibility index (Phi) is 8.54. The Bertz CT molecular complexity index is 950. The maximum Gasteiger partial charge on any atom is 0.341 e. The zero-order valence-corrected chi connectivity index (χ0v) is 17.7. The van der Waals surface area contributed by atoms with Crippen molar-refractivity contribution in [3.05, 3.63) is 65.2 Å². The summed E-state index contributed by atoms with van der Waals surface area (Å²) in [7, 11) is 0.